The van der Waals surface area contributed by atoms with Gasteiger partial charge in [-0.15, -0.1) is 16.4 Å². The molecule has 146 valence electrons. The van der Waals surface area contributed by atoms with Crippen molar-refractivity contribution < 1.29 is 9.21 Å². The van der Waals surface area contributed by atoms with Gasteiger partial charge in [-0.3, -0.25) is 9.69 Å². The summed E-state index contributed by atoms with van der Waals surface area (Å²) in [7, 11) is 0. The number of hydrogen-bond acceptors (Lipinski definition) is 6. The van der Waals surface area contributed by atoms with Gasteiger partial charge in [0.05, 0.1) is 34.0 Å². The second-order valence-corrected chi connectivity index (χ2v) is 8.64. The normalized spacial score (nSPS) is 17.3. The van der Waals surface area contributed by atoms with Crippen molar-refractivity contribution in [2.24, 2.45) is 10.2 Å². The molecular formula is C20H13Cl2N3O2S2. The number of nitrogens with zero attached hydrogens (tertiary/aromatic N) is 3. The highest BCUT2D eigenvalue weighted by Gasteiger charge is 2.34. The maximum Gasteiger partial charge on any atom is 0.267 e. The molecule has 1 saturated heterocycles. The Bertz CT molecular complexity index is 1110. The van der Waals surface area contributed by atoms with Crippen molar-refractivity contribution in [2.75, 3.05) is 0 Å². The standard InChI is InChI=1S/C20H13Cl2N3O2S2/c21-16-7-1-4-13(18(16)22)10-17-19(26)25(12-14-5-2-8-27-14)20(29-17)24-23-11-15-6-3-9-28-15/h1-11H,12H2/b17-10-,23-11+,24-20-. The number of hydrogen-bond donors (Lipinski definition) is 0. The number of benzene rings is 1. The summed E-state index contributed by atoms with van der Waals surface area (Å²) in [5.74, 6) is 0.448. The SMILES string of the molecule is O=C1/C(=C/c2cccc(Cl)c2Cl)S/C(=N\N=C\c2cccs2)N1Cc1ccco1. The molecule has 0 radical (unpaired) electrons. The van der Waals surface area contributed by atoms with E-state index >= 15 is 0 Å². The van der Waals surface area contributed by atoms with Crippen LogP contribution in [0.5, 0.6) is 0 Å². The summed E-state index contributed by atoms with van der Waals surface area (Å²) in [6, 6.07) is 12.7. The lowest BCUT2D eigenvalue weighted by molar-refractivity contribution is -0.122. The molecule has 9 heteroatoms. The third-order valence-electron chi connectivity index (χ3n) is 3.92. The Kier molecular flexibility index (Phi) is 6.20. The maximum atomic E-state index is 13.0. The first kappa shape index (κ1) is 20.0. The predicted octanol–water partition coefficient (Wildman–Crippen LogP) is 6.15. The van der Waals surface area contributed by atoms with Crippen LogP contribution in [0.4, 0.5) is 0 Å². The molecule has 2 aromatic heterocycles. The van der Waals surface area contributed by atoms with Crippen LogP contribution in [0.1, 0.15) is 16.2 Å². The Morgan fingerprint density at radius 1 is 1.14 bits per heavy atom. The minimum Gasteiger partial charge on any atom is -0.467 e. The van der Waals surface area contributed by atoms with E-state index in [1.54, 1.807) is 60.2 Å². The monoisotopic (exact) mass is 461 g/mol. The molecule has 1 aromatic carbocycles. The number of carbonyl (C=O) groups is 1. The van der Waals surface area contributed by atoms with Crippen molar-refractivity contribution in [1.29, 1.82) is 0 Å². The average Bonchev–Trinajstić information content (AvgIpc) is 3.46. The second kappa shape index (κ2) is 9.00. The van der Waals surface area contributed by atoms with Crippen molar-refractivity contribution in [3.63, 3.8) is 0 Å². The molecule has 0 saturated carbocycles. The molecule has 1 amide bonds. The van der Waals surface area contributed by atoms with Crippen molar-refractivity contribution in [1.82, 2.24) is 4.90 Å². The first-order valence-corrected chi connectivity index (χ1v) is 10.9. The van der Waals surface area contributed by atoms with Crippen molar-refractivity contribution in [2.45, 2.75) is 6.54 Å². The number of furan rings is 1. The Hall–Kier alpha value is -2.32. The highest BCUT2D eigenvalue weighted by atomic mass is 35.5. The van der Waals surface area contributed by atoms with E-state index in [2.05, 4.69) is 10.2 Å². The van der Waals surface area contributed by atoms with E-state index in [1.807, 2.05) is 17.5 Å². The Balaban J connectivity index is 1.65. The van der Waals surface area contributed by atoms with Gasteiger partial charge in [0.15, 0.2) is 5.17 Å². The van der Waals surface area contributed by atoms with E-state index in [0.717, 1.165) is 4.88 Å². The average molecular weight is 462 g/mol. The topological polar surface area (TPSA) is 58.2 Å². The Labute approximate surface area is 185 Å². The maximum absolute atomic E-state index is 13.0. The highest BCUT2D eigenvalue weighted by molar-refractivity contribution is 8.18. The minimum absolute atomic E-state index is 0.201. The van der Waals surface area contributed by atoms with Gasteiger partial charge in [0, 0.05) is 4.88 Å². The molecule has 29 heavy (non-hydrogen) atoms. The van der Waals surface area contributed by atoms with E-state index in [9.17, 15) is 4.79 Å². The number of rotatable bonds is 5. The number of amides is 1. The first-order valence-electron chi connectivity index (χ1n) is 8.44. The Morgan fingerprint density at radius 3 is 2.79 bits per heavy atom. The molecule has 5 nitrogen and oxygen atoms in total. The van der Waals surface area contributed by atoms with Crippen LogP contribution in [-0.4, -0.2) is 22.2 Å². The lowest BCUT2D eigenvalue weighted by Gasteiger charge is -2.12. The van der Waals surface area contributed by atoms with E-state index in [4.69, 9.17) is 27.6 Å². The second-order valence-electron chi connectivity index (χ2n) is 5.87. The molecule has 3 heterocycles. The van der Waals surface area contributed by atoms with Crippen molar-refractivity contribution in [3.8, 4) is 0 Å². The number of thiophene rings is 1. The molecule has 1 fully saturated rings. The van der Waals surface area contributed by atoms with Gasteiger partial charge in [-0.2, -0.15) is 5.10 Å². The van der Waals surface area contributed by atoms with E-state index < -0.39 is 0 Å². The van der Waals surface area contributed by atoms with Crippen LogP contribution in [0.3, 0.4) is 0 Å². The van der Waals surface area contributed by atoms with Crippen LogP contribution in [0, 0.1) is 0 Å². The molecule has 0 atom stereocenters. The molecular weight excluding hydrogens is 449 g/mol. The van der Waals surface area contributed by atoms with Gasteiger partial charge in [0.1, 0.15) is 5.76 Å². The molecule has 0 spiro atoms. The molecule has 0 aliphatic carbocycles. The zero-order valence-corrected chi connectivity index (χ0v) is 17.9. The highest BCUT2D eigenvalue weighted by Crippen LogP contribution is 2.36. The summed E-state index contributed by atoms with van der Waals surface area (Å²) in [5.41, 5.74) is 0.663. The molecule has 0 bridgehead atoms. The van der Waals surface area contributed by atoms with Crippen LogP contribution in [0.2, 0.25) is 10.0 Å². The van der Waals surface area contributed by atoms with Crippen LogP contribution < -0.4 is 0 Å². The number of carbonyl (C=O) groups excluding carboxylic acids is 1. The van der Waals surface area contributed by atoms with E-state index in [1.165, 1.54) is 16.7 Å². The van der Waals surface area contributed by atoms with Crippen LogP contribution in [0.25, 0.3) is 6.08 Å². The fourth-order valence-corrected chi connectivity index (χ4v) is 4.42. The zero-order valence-electron chi connectivity index (χ0n) is 14.8. The van der Waals surface area contributed by atoms with Crippen molar-refractivity contribution >= 4 is 69.7 Å². The fraction of sp³-hybridized carbons (Fsp3) is 0.0500. The van der Waals surface area contributed by atoms with Gasteiger partial charge in [-0.1, -0.05) is 41.4 Å². The minimum atomic E-state index is -0.201. The van der Waals surface area contributed by atoms with Gasteiger partial charge < -0.3 is 4.42 Å². The Morgan fingerprint density at radius 2 is 2.03 bits per heavy atom. The van der Waals surface area contributed by atoms with Gasteiger partial charge in [0.25, 0.3) is 5.91 Å². The molecule has 4 rings (SSSR count). The number of amidine groups is 1. The van der Waals surface area contributed by atoms with Crippen molar-refractivity contribution in [3.05, 3.63) is 85.3 Å². The van der Waals surface area contributed by atoms with Gasteiger partial charge >= 0.3 is 0 Å². The first-order chi connectivity index (χ1) is 14.1. The summed E-state index contributed by atoms with van der Waals surface area (Å²) >= 11 is 15.1. The summed E-state index contributed by atoms with van der Waals surface area (Å²) in [6.45, 7) is 0.257. The molecule has 3 aromatic rings. The van der Waals surface area contributed by atoms with E-state index in [-0.39, 0.29) is 12.5 Å². The molecule has 1 aliphatic rings. The van der Waals surface area contributed by atoms with Crippen LogP contribution in [0.15, 0.2) is 73.6 Å². The number of thioether (sulfide) groups is 1. The summed E-state index contributed by atoms with van der Waals surface area (Å²) in [6.07, 6.45) is 4.93. The zero-order chi connectivity index (χ0) is 20.2. The summed E-state index contributed by atoms with van der Waals surface area (Å²) in [5, 5.41) is 11.6. The third kappa shape index (κ3) is 4.64. The van der Waals surface area contributed by atoms with Crippen LogP contribution >= 0.6 is 46.3 Å². The largest absolute Gasteiger partial charge is 0.467 e. The fourth-order valence-electron chi connectivity index (χ4n) is 2.55. The number of halogens is 2. The van der Waals surface area contributed by atoms with E-state index in [0.29, 0.717) is 31.4 Å². The van der Waals surface area contributed by atoms with Gasteiger partial charge in [-0.25, -0.2) is 0 Å². The lowest BCUT2D eigenvalue weighted by Crippen LogP contribution is -2.28. The van der Waals surface area contributed by atoms with Gasteiger partial charge in [-0.05, 0) is 53.0 Å². The van der Waals surface area contributed by atoms with Crippen LogP contribution in [-0.2, 0) is 11.3 Å². The lowest BCUT2D eigenvalue weighted by atomic mass is 10.2. The quantitative estimate of drug-likeness (QED) is 0.259. The smallest absolute Gasteiger partial charge is 0.267 e. The molecule has 1 aliphatic heterocycles. The summed E-state index contributed by atoms with van der Waals surface area (Å²) < 4.78 is 5.39. The predicted molar refractivity (Wildman–Crippen MR) is 121 cm³/mol. The molecule has 0 unspecified atom stereocenters. The third-order valence-corrected chi connectivity index (χ3v) is 6.56. The molecule has 0 N–H and O–H groups in total. The summed E-state index contributed by atoms with van der Waals surface area (Å²) in [4.78, 5) is 16.0. The van der Waals surface area contributed by atoms with Gasteiger partial charge in [0.2, 0.25) is 0 Å².